The van der Waals surface area contributed by atoms with Crippen LogP contribution in [-0.4, -0.2) is 16.1 Å². The second kappa shape index (κ2) is 5.43. The van der Waals surface area contributed by atoms with Crippen LogP contribution in [0.5, 0.6) is 0 Å². The van der Waals surface area contributed by atoms with Gasteiger partial charge in [0, 0.05) is 24.0 Å². The molecule has 0 aromatic carbocycles. The van der Waals surface area contributed by atoms with Gasteiger partial charge in [-0.2, -0.15) is 0 Å². The van der Waals surface area contributed by atoms with E-state index in [0.29, 0.717) is 11.6 Å². The molecule has 1 fully saturated rings. The molecular weight excluding hydrogens is 252 g/mol. The molecule has 3 unspecified atom stereocenters. The average molecular weight is 276 g/mol. The van der Waals surface area contributed by atoms with Gasteiger partial charge in [-0.05, 0) is 42.2 Å². The second-order valence-corrected chi connectivity index (χ2v) is 6.93. The van der Waals surface area contributed by atoms with E-state index in [4.69, 9.17) is 5.73 Å². The van der Waals surface area contributed by atoms with E-state index in [9.17, 15) is 9.90 Å². The van der Waals surface area contributed by atoms with E-state index >= 15 is 0 Å². The number of nitrogens with two attached hydrogens (primary N) is 1. The molecule has 3 N–H and O–H groups in total. The Morgan fingerprint density at radius 3 is 2.65 bits per heavy atom. The summed E-state index contributed by atoms with van der Waals surface area (Å²) in [7, 11) is 0. The molecular formula is C16H24N2O2. The van der Waals surface area contributed by atoms with Crippen LogP contribution < -0.4 is 5.73 Å². The number of hydrogen-bond donors (Lipinski definition) is 2. The fraction of sp³-hybridized carbons (Fsp3) is 0.625. The van der Waals surface area contributed by atoms with Crippen LogP contribution in [0.4, 0.5) is 5.69 Å². The van der Waals surface area contributed by atoms with Crippen LogP contribution in [0.2, 0.25) is 0 Å². The van der Waals surface area contributed by atoms with Crippen LogP contribution in [0.3, 0.4) is 0 Å². The first-order valence-corrected chi connectivity index (χ1v) is 7.23. The van der Waals surface area contributed by atoms with E-state index < -0.39 is 5.97 Å². The maximum atomic E-state index is 11.5. The summed E-state index contributed by atoms with van der Waals surface area (Å²) in [6, 6.07) is 1.76. The summed E-state index contributed by atoms with van der Waals surface area (Å²) in [6.45, 7) is 6.67. The maximum Gasteiger partial charge on any atom is 0.307 e. The Morgan fingerprint density at radius 2 is 2.10 bits per heavy atom. The first-order valence-electron chi connectivity index (χ1n) is 7.23. The predicted octanol–water partition coefficient (Wildman–Crippen LogP) is 3.29. The van der Waals surface area contributed by atoms with Crippen molar-refractivity contribution in [1.29, 1.82) is 0 Å². The average Bonchev–Trinajstić information content (AvgIpc) is 2.37. The number of carboxylic acid groups (broad SMARTS) is 1. The number of aliphatic carboxylic acids is 1. The van der Waals surface area contributed by atoms with Crippen molar-refractivity contribution >= 4 is 11.7 Å². The number of anilines is 1. The summed E-state index contributed by atoms with van der Waals surface area (Å²) in [5, 5.41) is 9.49. The van der Waals surface area contributed by atoms with E-state index in [-0.39, 0.29) is 17.3 Å². The predicted molar refractivity (Wildman–Crippen MR) is 79.3 cm³/mol. The number of hydrogen-bond acceptors (Lipinski definition) is 3. The van der Waals surface area contributed by atoms with Crippen LogP contribution >= 0.6 is 0 Å². The number of aromatic nitrogens is 1. The van der Waals surface area contributed by atoms with Crippen molar-refractivity contribution in [2.24, 2.45) is 17.3 Å². The van der Waals surface area contributed by atoms with Crippen LogP contribution in [0.15, 0.2) is 18.5 Å². The van der Waals surface area contributed by atoms with Crippen molar-refractivity contribution in [1.82, 2.24) is 4.98 Å². The van der Waals surface area contributed by atoms with E-state index in [1.165, 1.54) is 0 Å². The molecule has 4 nitrogen and oxygen atoms in total. The number of nitrogen functional groups attached to an aromatic ring is 1. The van der Waals surface area contributed by atoms with Crippen LogP contribution in [-0.2, 0) is 4.79 Å². The monoisotopic (exact) mass is 276 g/mol. The van der Waals surface area contributed by atoms with Gasteiger partial charge in [-0.25, -0.2) is 0 Å². The molecule has 0 bridgehead atoms. The second-order valence-electron chi connectivity index (χ2n) is 6.93. The van der Waals surface area contributed by atoms with Gasteiger partial charge in [-0.3, -0.25) is 9.78 Å². The Kier molecular flexibility index (Phi) is 4.02. The smallest absolute Gasteiger partial charge is 0.307 e. The standard InChI is InChI=1S/C16H24N2O2/c1-16(2,3)10-4-5-11(15(19)20)12(8-10)13-9-18-7-6-14(13)17/h6-7,9-12H,4-5,8H2,1-3H3,(H2,17,18)(H,19,20). The minimum atomic E-state index is -0.717. The lowest BCUT2D eigenvalue weighted by Gasteiger charge is -2.40. The fourth-order valence-corrected chi connectivity index (χ4v) is 3.32. The third kappa shape index (κ3) is 2.94. The minimum Gasteiger partial charge on any atom is -0.481 e. The molecule has 0 amide bonds. The van der Waals surface area contributed by atoms with Gasteiger partial charge >= 0.3 is 5.97 Å². The Labute approximate surface area is 120 Å². The molecule has 0 aliphatic heterocycles. The van der Waals surface area contributed by atoms with Gasteiger partial charge in [-0.1, -0.05) is 20.8 Å². The topological polar surface area (TPSA) is 76.2 Å². The molecule has 4 heteroatoms. The number of pyridine rings is 1. The third-order valence-electron chi connectivity index (χ3n) is 4.68. The summed E-state index contributed by atoms with van der Waals surface area (Å²) in [5.41, 5.74) is 7.78. The van der Waals surface area contributed by atoms with Crippen molar-refractivity contribution in [3.05, 3.63) is 24.0 Å². The Morgan fingerprint density at radius 1 is 1.40 bits per heavy atom. The van der Waals surface area contributed by atoms with Gasteiger partial charge in [0.05, 0.1) is 5.92 Å². The van der Waals surface area contributed by atoms with Crippen LogP contribution in [0.1, 0.15) is 51.5 Å². The summed E-state index contributed by atoms with van der Waals surface area (Å²) in [6.07, 6.45) is 5.95. The molecule has 1 saturated carbocycles. The highest BCUT2D eigenvalue weighted by Crippen LogP contribution is 2.47. The van der Waals surface area contributed by atoms with Crippen LogP contribution in [0.25, 0.3) is 0 Å². The fourth-order valence-electron chi connectivity index (χ4n) is 3.32. The van der Waals surface area contributed by atoms with Gasteiger partial charge in [0.2, 0.25) is 0 Å². The van der Waals surface area contributed by atoms with Crippen molar-refractivity contribution in [2.45, 2.75) is 46.0 Å². The molecule has 0 saturated heterocycles. The quantitative estimate of drug-likeness (QED) is 0.869. The Bertz CT molecular complexity index is 493. The minimum absolute atomic E-state index is 0.0285. The molecule has 3 atom stereocenters. The number of carbonyl (C=O) groups is 1. The molecule has 1 aliphatic rings. The number of rotatable bonds is 2. The largest absolute Gasteiger partial charge is 0.481 e. The van der Waals surface area contributed by atoms with Crippen LogP contribution in [0, 0.1) is 17.3 Å². The van der Waals surface area contributed by atoms with Crippen molar-refractivity contribution in [3.8, 4) is 0 Å². The maximum absolute atomic E-state index is 11.5. The molecule has 1 heterocycles. The lowest BCUT2D eigenvalue weighted by molar-refractivity contribution is -0.144. The summed E-state index contributed by atoms with van der Waals surface area (Å²) < 4.78 is 0. The number of nitrogens with zero attached hydrogens (tertiary/aromatic N) is 1. The summed E-state index contributed by atoms with van der Waals surface area (Å²) in [5.74, 6) is -0.576. The first-order chi connectivity index (χ1) is 9.30. The van der Waals surface area contributed by atoms with E-state index in [1.807, 2.05) is 0 Å². The highest BCUT2D eigenvalue weighted by Gasteiger charge is 2.40. The lowest BCUT2D eigenvalue weighted by Crippen LogP contribution is -2.34. The van der Waals surface area contributed by atoms with Gasteiger partial charge in [-0.15, -0.1) is 0 Å². The van der Waals surface area contributed by atoms with Gasteiger partial charge in [0.15, 0.2) is 0 Å². The van der Waals surface area contributed by atoms with Crippen molar-refractivity contribution in [3.63, 3.8) is 0 Å². The van der Waals surface area contributed by atoms with Gasteiger partial charge in [0.1, 0.15) is 0 Å². The summed E-state index contributed by atoms with van der Waals surface area (Å²) in [4.78, 5) is 15.7. The zero-order valence-electron chi connectivity index (χ0n) is 12.5. The molecule has 110 valence electrons. The molecule has 0 radical (unpaired) electrons. The van der Waals surface area contributed by atoms with Crippen molar-refractivity contribution < 1.29 is 9.90 Å². The Balaban J connectivity index is 2.33. The molecule has 0 spiro atoms. The zero-order valence-corrected chi connectivity index (χ0v) is 12.5. The first kappa shape index (κ1) is 14.8. The highest BCUT2D eigenvalue weighted by atomic mass is 16.4. The molecule has 20 heavy (non-hydrogen) atoms. The van der Waals surface area contributed by atoms with Crippen molar-refractivity contribution in [2.75, 3.05) is 5.73 Å². The van der Waals surface area contributed by atoms with E-state index in [2.05, 4.69) is 25.8 Å². The van der Waals surface area contributed by atoms with E-state index in [0.717, 1.165) is 24.8 Å². The summed E-state index contributed by atoms with van der Waals surface area (Å²) >= 11 is 0. The zero-order chi connectivity index (χ0) is 14.9. The van der Waals surface area contributed by atoms with Gasteiger partial charge < -0.3 is 10.8 Å². The molecule has 1 aromatic rings. The number of carboxylic acids is 1. The van der Waals surface area contributed by atoms with Gasteiger partial charge in [0.25, 0.3) is 0 Å². The Hall–Kier alpha value is -1.58. The molecule has 1 aliphatic carbocycles. The molecule has 2 rings (SSSR count). The lowest BCUT2D eigenvalue weighted by atomic mass is 9.64. The highest BCUT2D eigenvalue weighted by molar-refractivity contribution is 5.72. The normalized spacial score (nSPS) is 27.2. The molecule has 1 aromatic heterocycles. The van der Waals surface area contributed by atoms with E-state index in [1.54, 1.807) is 18.5 Å². The SMILES string of the molecule is CC(C)(C)C1CCC(C(=O)O)C(c2cnccc2N)C1. The third-order valence-corrected chi connectivity index (χ3v) is 4.68.